The molecule has 0 aliphatic carbocycles. The zero-order valence-electron chi connectivity index (χ0n) is 11.8. The van der Waals surface area contributed by atoms with Gasteiger partial charge in [-0.3, -0.25) is 9.69 Å². The van der Waals surface area contributed by atoms with Crippen molar-refractivity contribution in [3.05, 3.63) is 29.5 Å². The molecule has 0 spiro atoms. The van der Waals surface area contributed by atoms with Gasteiger partial charge in [-0.15, -0.1) is 11.3 Å². The molecule has 0 radical (unpaired) electrons. The molecule has 0 amide bonds. The fourth-order valence-electron chi connectivity index (χ4n) is 1.98. The van der Waals surface area contributed by atoms with Crippen molar-refractivity contribution in [2.75, 3.05) is 20.7 Å². The minimum Gasteiger partial charge on any atom is -0.469 e. The third-order valence-electron chi connectivity index (χ3n) is 2.90. The molecule has 2 aromatic heterocycles. The maximum absolute atomic E-state index is 11.4. The summed E-state index contributed by atoms with van der Waals surface area (Å²) in [6.45, 7) is 3.10. The summed E-state index contributed by atoms with van der Waals surface area (Å²) in [4.78, 5) is 18.9. The Kier molecular flexibility index (Phi) is 4.92. The number of oxazole rings is 1. The second kappa shape index (κ2) is 6.67. The van der Waals surface area contributed by atoms with Crippen LogP contribution in [0.3, 0.4) is 0 Å². The summed E-state index contributed by atoms with van der Waals surface area (Å²) in [7, 11) is 3.35. The highest BCUT2D eigenvalue weighted by Crippen LogP contribution is 2.23. The van der Waals surface area contributed by atoms with Gasteiger partial charge in [-0.1, -0.05) is 13.0 Å². The van der Waals surface area contributed by atoms with E-state index >= 15 is 0 Å². The highest BCUT2D eigenvalue weighted by Gasteiger charge is 2.16. The first-order valence-corrected chi connectivity index (χ1v) is 7.22. The predicted molar refractivity (Wildman–Crippen MR) is 77.3 cm³/mol. The number of carbonyl (C=O) groups is 1. The number of hydrogen-bond donors (Lipinski definition) is 0. The zero-order valence-corrected chi connectivity index (χ0v) is 12.6. The van der Waals surface area contributed by atoms with Crippen molar-refractivity contribution in [1.82, 2.24) is 9.88 Å². The molecule has 0 bridgehead atoms. The molecule has 0 N–H and O–H groups in total. The Hall–Kier alpha value is -1.66. The van der Waals surface area contributed by atoms with E-state index in [2.05, 4.69) is 4.98 Å². The number of methoxy groups -OCH3 is 1. The Balaban J connectivity index is 1.92. The number of ether oxygens (including phenoxy) is 1. The lowest BCUT2D eigenvalue weighted by molar-refractivity contribution is -0.145. The second-order valence-corrected chi connectivity index (χ2v) is 5.69. The van der Waals surface area contributed by atoms with Crippen LogP contribution in [0, 0.1) is 5.92 Å². The van der Waals surface area contributed by atoms with Crippen LogP contribution in [0.15, 0.2) is 28.2 Å². The summed E-state index contributed by atoms with van der Waals surface area (Å²) in [6, 6.07) is 3.94. The van der Waals surface area contributed by atoms with E-state index in [0.717, 1.165) is 10.6 Å². The summed E-state index contributed by atoms with van der Waals surface area (Å²) in [5.41, 5.74) is 0.855. The number of thiophene rings is 1. The van der Waals surface area contributed by atoms with E-state index in [1.807, 2.05) is 36.4 Å². The molecular weight excluding hydrogens is 276 g/mol. The minimum absolute atomic E-state index is 0.159. The van der Waals surface area contributed by atoms with Gasteiger partial charge in [0.2, 0.25) is 5.89 Å². The molecule has 0 saturated heterocycles. The highest BCUT2D eigenvalue weighted by atomic mass is 32.1. The van der Waals surface area contributed by atoms with Crippen LogP contribution in [0.4, 0.5) is 0 Å². The number of hydrogen-bond acceptors (Lipinski definition) is 6. The number of aromatic nitrogens is 1. The first kappa shape index (κ1) is 14.7. The molecule has 2 rings (SSSR count). The van der Waals surface area contributed by atoms with Crippen molar-refractivity contribution in [2.24, 2.45) is 5.92 Å². The Morgan fingerprint density at radius 3 is 3.05 bits per heavy atom. The van der Waals surface area contributed by atoms with Crippen LogP contribution in [-0.2, 0) is 16.1 Å². The van der Waals surface area contributed by atoms with Crippen molar-refractivity contribution < 1.29 is 13.9 Å². The van der Waals surface area contributed by atoms with E-state index < -0.39 is 0 Å². The molecule has 2 aromatic rings. The van der Waals surface area contributed by atoms with E-state index in [1.54, 1.807) is 17.6 Å². The maximum Gasteiger partial charge on any atom is 0.309 e. The van der Waals surface area contributed by atoms with E-state index in [1.165, 1.54) is 7.11 Å². The van der Waals surface area contributed by atoms with Crippen molar-refractivity contribution in [3.8, 4) is 10.8 Å². The van der Waals surface area contributed by atoms with Gasteiger partial charge >= 0.3 is 5.97 Å². The number of carbonyl (C=O) groups excluding carboxylic acids is 1. The van der Waals surface area contributed by atoms with Crippen molar-refractivity contribution in [1.29, 1.82) is 0 Å². The maximum atomic E-state index is 11.4. The molecule has 20 heavy (non-hydrogen) atoms. The van der Waals surface area contributed by atoms with Crippen LogP contribution in [-0.4, -0.2) is 36.6 Å². The molecule has 1 atom stereocenters. The predicted octanol–water partition coefficient (Wildman–Crippen LogP) is 2.64. The Labute approximate surface area is 122 Å². The number of rotatable bonds is 6. The Bertz CT molecular complexity index is 551. The number of nitrogens with zero attached hydrogens (tertiary/aromatic N) is 2. The van der Waals surface area contributed by atoms with E-state index in [0.29, 0.717) is 19.0 Å². The minimum atomic E-state index is -0.198. The first-order chi connectivity index (χ1) is 9.60. The third-order valence-corrected chi connectivity index (χ3v) is 3.76. The molecule has 2 heterocycles. The summed E-state index contributed by atoms with van der Waals surface area (Å²) in [5.74, 6) is 0.286. The topological polar surface area (TPSA) is 55.6 Å². The lowest BCUT2D eigenvalue weighted by Crippen LogP contribution is -2.29. The van der Waals surface area contributed by atoms with Crippen molar-refractivity contribution in [3.63, 3.8) is 0 Å². The average Bonchev–Trinajstić information content (AvgIpc) is 3.07. The summed E-state index contributed by atoms with van der Waals surface area (Å²) >= 11 is 1.59. The van der Waals surface area contributed by atoms with Gasteiger partial charge in [0.05, 0.1) is 23.6 Å². The zero-order chi connectivity index (χ0) is 14.5. The molecule has 0 aliphatic rings. The smallest absolute Gasteiger partial charge is 0.309 e. The molecule has 6 heteroatoms. The fourth-order valence-corrected chi connectivity index (χ4v) is 2.63. The summed E-state index contributed by atoms with van der Waals surface area (Å²) in [6.07, 6.45) is 1.66. The van der Waals surface area contributed by atoms with Gasteiger partial charge in [-0.2, -0.15) is 0 Å². The molecular formula is C14H18N2O3S. The summed E-state index contributed by atoms with van der Waals surface area (Å²) in [5, 5.41) is 1.99. The van der Waals surface area contributed by atoms with Gasteiger partial charge in [0.1, 0.15) is 6.26 Å². The largest absolute Gasteiger partial charge is 0.469 e. The lowest BCUT2D eigenvalue weighted by Gasteiger charge is -2.18. The Morgan fingerprint density at radius 2 is 2.40 bits per heavy atom. The van der Waals surface area contributed by atoms with Gasteiger partial charge < -0.3 is 9.15 Å². The molecule has 0 aliphatic heterocycles. The fraction of sp³-hybridized carbons (Fsp3) is 0.429. The molecule has 0 saturated carbocycles. The normalized spacial score (nSPS) is 12.6. The van der Waals surface area contributed by atoms with Crippen LogP contribution in [0.2, 0.25) is 0 Å². The standard InChI is InChI=1S/C14H18N2O3S/c1-10(14(17)18-3)7-16(2)8-11-9-19-13(15-11)12-5-4-6-20-12/h4-6,9-10H,7-8H2,1-3H3. The quantitative estimate of drug-likeness (QED) is 0.767. The average molecular weight is 294 g/mol. The van der Waals surface area contributed by atoms with Crippen LogP contribution < -0.4 is 0 Å². The Morgan fingerprint density at radius 1 is 1.60 bits per heavy atom. The van der Waals surface area contributed by atoms with E-state index in [4.69, 9.17) is 9.15 Å². The molecule has 0 fully saturated rings. The molecule has 5 nitrogen and oxygen atoms in total. The van der Waals surface area contributed by atoms with Crippen LogP contribution >= 0.6 is 11.3 Å². The monoisotopic (exact) mass is 294 g/mol. The van der Waals surface area contributed by atoms with E-state index in [-0.39, 0.29) is 11.9 Å². The van der Waals surface area contributed by atoms with Crippen LogP contribution in [0.1, 0.15) is 12.6 Å². The lowest BCUT2D eigenvalue weighted by atomic mass is 10.2. The van der Waals surface area contributed by atoms with Crippen LogP contribution in [0.5, 0.6) is 0 Å². The first-order valence-electron chi connectivity index (χ1n) is 6.34. The molecule has 1 unspecified atom stereocenters. The van der Waals surface area contributed by atoms with Gasteiger partial charge in [0, 0.05) is 13.1 Å². The second-order valence-electron chi connectivity index (χ2n) is 4.74. The number of esters is 1. The van der Waals surface area contributed by atoms with E-state index in [9.17, 15) is 4.79 Å². The van der Waals surface area contributed by atoms with Crippen molar-refractivity contribution in [2.45, 2.75) is 13.5 Å². The molecule has 108 valence electrons. The van der Waals surface area contributed by atoms with Gasteiger partial charge in [0.25, 0.3) is 0 Å². The molecule has 0 aromatic carbocycles. The van der Waals surface area contributed by atoms with Crippen molar-refractivity contribution >= 4 is 17.3 Å². The SMILES string of the molecule is COC(=O)C(C)CN(C)Cc1coc(-c2cccs2)n1. The highest BCUT2D eigenvalue weighted by molar-refractivity contribution is 7.13. The van der Waals surface area contributed by atoms with Gasteiger partial charge in [-0.05, 0) is 18.5 Å². The summed E-state index contributed by atoms with van der Waals surface area (Å²) < 4.78 is 10.2. The van der Waals surface area contributed by atoms with Gasteiger partial charge in [0.15, 0.2) is 0 Å². The third kappa shape index (κ3) is 3.68. The van der Waals surface area contributed by atoms with Gasteiger partial charge in [-0.25, -0.2) is 4.98 Å². The van der Waals surface area contributed by atoms with Crippen LogP contribution in [0.25, 0.3) is 10.8 Å².